The number of carbonyl (C=O) groups is 1. The number of hydrogen-bond acceptors (Lipinski definition) is 3. The molecule has 0 spiro atoms. The Labute approximate surface area is 116 Å². The first-order valence-electron chi connectivity index (χ1n) is 7.95. The van der Waals surface area contributed by atoms with Crippen molar-refractivity contribution in [3.63, 3.8) is 0 Å². The SMILES string of the molecule is CN1CCCC2CN(C(=O)[C@H]3CCCNC3)CCC21. The summed E-state index contributed by atoms with van der Waals surface area (Å²) in [5.41, 5.74) is 0. The highest BCUT2D eigenvalue weighted by Crippen LogP contribution is 2.30. The van der Waals surface area contributed by atoms with Crippen molar-refractivity contribution in [2.24, 2.45) is 11.8 Å². The van der Waals surface area contributed by atoms with E-state index in [9.17, 15) is 4.79 Å². The molecule has 0 aromatic rings. The van der Waals surface area contributed by atoms with Crippen LogP contribution < -0.4 is 5.32 Å². The quantitative estimate of drug-likeness (QED) is 0.766. The van der Waals surface area contributed by atoms with E-state index < -0.39 is 0 Å². The summed E-state index contributed by atoms with van der Waals surface area (Å²) < 4.78 is 0. The second-order valence-electron chi connectivity index (χ2n) is 6.57. The zero-order valence-electron chi connectivity index (χ0n) is 12.1. The van der Waals surface area contributed by atoms with Crippen LogP contribution in [0.1, 0.15) is 32.1 Å². The molecule has 0 aromatic carbocycles. The average molecular weight is 265 g/mol. The predicted molar refractivity (Wildman–Crippen MR) is 75.9 cm³/mol. The lowest BCUT2D eigenvalue weighted by Gasteiger charge is -2.46. The van der Waals surface area contributed by atoms with E-state index in [0.717, 1.165) is 45.1 Å². The van der Waals surface area contributed by atoms with E-state index in [4.69, 9.17) is 0 Å². The predicted octanol–water partition coefficient (Wildman–Crippen LogP) is 0.929. The van der Waals surface area contributed by atoms with Crippen LogP contribution in [0, 0.1) is 11.8 Å². The Bertz CT molecular complexity index is 327. The van der Waals surface area contributed by atoms with Crippen LogP contribution in [0.25, 0.3) is 0 Å². The van der Waals surface area contributed by atoms with E-state index in [1.165, 1.54) is 25.8 Å². The maximum Gasteiger partial charge on any atom is 0.226 e. The summed E-state index contributed by atoms with van der Waals surface area (Å²) in [5.74, 6) is 1.37. The molecule has 0 aliphatic carbocycles. The molecule has 4 heteroatoms. The summed E-state index contributed by atoms with van der Waals surface area (Å²) in [4.78, 5) is 17.3. The second kappa shape index (κ2) is 5.80. The van der Waals surface area contributed by atoms with E-state index >= 15 is 0 Å². The Morgan fingerprint density at radius 1 is 1.16 bits per heavy atom. The van der Waals surface area contributed by atoms with Gasteiger partial charge in [-0.3, -0.25) is 4.79 Å². The maximum absolute atomic E-state index is 12.6. The molecule has 19 heavy (non-hydrogen) atoms. The molecular weight excluding hydrogens is 238 g/mol. The van der Waals surface area contributed by atoms with Gasteiger partial charge in [-0.05, 0) is 58.2 Å². The molecule has 1 N–H and O–H groups in total. The third-order valence-corrected chi connectivity index (χ3v) is 5.30. The monoisotopic (exact) mass is 265 g/mol. The minimum Gasteiger partial charge on any atom is -0.342 e. The molecule has 4 nitrogen and oxygen atoms in total. The normalized spacial score (nSPS) is 36.9. The van der Waals surface area contributed by atoms with E-state index in [-0.39, 0.29) is 5.92 Å². The standard InChI is InChI=1S/C15H27N3O/c1-17-8-3-5-13-11-18(9-6-14(13)17)15(19)12-4-2-7-16-10-12/h12-14,16H,2-11H2,1H3/t12-,13?,14?/m0/s1. The van der Waals surface area contributed by atoms with Crippen LogP contribution in [0.5, 0.6) is 0 Å². The highest BCUT2D eigenvalue weighted by Gasteiger charge is 2.37. The van der Waals surface area contributed by atoms with Gasteiger partial charge in [0.2, 0.25) is 5.91 Å². The smallest absolute Gasteiger partial charge is 0.226 e. The number of nitrogens with one attached hydrogen (secondary N) is 1. The molecular formula is C15H27N3O. The lowest BCUT2D eigenvalue weighted by atomic mass is 9.83. The van der Waals surface area contributed by atoms with Gasteiger partial charge in [0, 0.05) is 25.7 Å². The molecule has 0 aromatic heterocycles. The summed E-state index contributed by atoms with van der Waals surface area (Å²) >= 11 is 0. The molecule has 108 valence electrons. The molecule has 3 rings (SSSR count). The number of hydrogen-bond donors (Lipinski definition) is 1. The highest BCUT2D eigenvalue weighted by atomic mass is 16.2. The molecule has 3 heterocycles. The minimum absolute atomic E-state index is 0.242. The highest BCUT2D eigenvalue weighted by molar-refractivity contribution is 5.79. The molecule has 3 fully saturated rings. The van der Waals surface area contributed by atoms with Crippen molar-refractivity contribution >= 4 is 5.91 Å². The average Bonchev–Trinajstić information content (AvgIpc) is 2.47. The van der Waals surface area contributed by atoms with E-state index in [1.807, 2.05) is 0 Å². The fraction of sp³-hybridized carbons (Fsp3) is 0.933. The summed E-state index contributed by atoms with van der Waals surface area (Å²) in [6.07, 6.45) is 6.01. The Morgan fingerprint density at radius 2 is 2.05 bits per heavy atom. The first-order valence-corrected chi connectivity index (χ1v) is 7.95. The number of amides is 1. The number of piperidine rings is 3. The summed E-state index contributed by atoms with van der Waals surface area (Å²) in [6.45, 7) is 5.19. The third-order valence-electron chi connectivity index (χ3n) is 5.30. The molecule has 3 aliphatic rings. The van der Waals surface area contributed by atoms with Crippen LogP contribution >= 0.6 is 0 Å². The molecule has 0 radical (unpaired) electrons. The van der Waals surface area contributed by atoms with Crippen LogP contribution in [0.15, 0.2) is 0 Å². The van der Waals surface area contributed by atoms with Crippen molar-refractivity contribution in [1.29, 1.82) is 0 Å². The lowest BCUT2D eigenvalue weighted by Crippen LogP contribution is -2.55. The van der Waals surface area contributed by atoms with Gasteiger partial charge in [-0.25, -0.2) is 0 Å². The number of nitrogens with zero attached hydrogens (tertiary/aromatic N) is 2. The second-order valence-corrected chi connectivity index (χ2v) is 6.57. The summed E-state index contributed by atoms with van der Waals surface area (Å²) in [7, 11) is 2.25. The topological polar surface area (TPSA) is 35.6 Å². The van der Waals surface area contributed by atoms with Gasteiger partial charge in [0.05, 0.1) is 5.92 Å². The number of fused-ring (bicyclic) bond motifs is 1. The van der Waals surface area contributed by atoms with Gasteiger partial charge in [-0.2, -0.15) is 0 Å². The third kappa shape index (κ3) is 2.79. The van der Waals surface area contributed by atoms with Gasteiger partial charge in [0.15, 0.2) is 0 Å². The van der Waals surface area contributed by atoms with Crippen molar-refractivity contribution in [3.8, 4) is 0 Å². The number of rotatable bonds is 1. The van der Waals surface area contributed by atoms with Crippen LogP contribution in [-0.2, 0) is 4.79 Å². The number of likely N-dealkylation sites (tertiary alicyclic amines) is 2. The fourth-order valence-corrected chi connectivity index (χ4v) is 4.17. The Morgan fingerprint density at radius 3 is 2.84 bits per heavy atom. The van der Waals surface area contributed by atoms with Gasteiger partial charge >= 0.3 is 0 Å². The lowest BCUT2D eigenvalue weighted by molar-refractivity contribution is -0.139. The maximum atomic E-state index is 12.6. The molecule has 0 saturated carbocycles. The van der Waals surface area contributed by atoms with Crippen LogP contribution in [-0.4, -0.2) is 61.5 Å². The van der Waals surface area contributed by atoms with Gasteiger partial charge in [0.1, 0.15) is 0 Å². The zero-order valence-corrected chi connectivity index (χ0v) is 12.1. The first kappa shape index (κ1) is 13.4. The van der Waals surface area contributed by atoms with Gasteiger partial charge in [-0.1, -0.05) is 0 Å². The first-order chi connectivity index (χ1) is 9.25. The number of carbonyl (C=O) groups excluding carboxylic acids is 1. The molecule has 2 unspecified atom stereocenters. The fourth-order valence-electron chi connectivity index (χ4n) is 4.17. The van der Waals surface area contributed by atoms with Gasteiger partial charge < -0.3 is 15.1 Å². The van der Waals surface area contributed by atoms with Crippen molar-refractivity contribution in [2.75, 3.05) is 39.8 Å². The largest absolute Gasteiger partial charge is 0.342 e. The molecule has 1 amide bonds. The van der Waals surface area contributed by atoms with E-state index in [1.54, 1.807) is 0 Å². The Hall–Kier alpha value is -0.610. The molecule has 3 atom stereocenters. The van der Waals surface area contributed by atoms with Gasteiger partial charge in [-0.15, -0.1) is 0 Å². The van der Waals surface area contributed by atoms with Crippen molar-refractivity contribution < 1.29 is 4.79 Å². The van der Waals surface area contributed by atoms with Crippen LogP contribution in [0.2, 0.25) is 0 Å². The van der Waals surface area contributed by atoms with Crippen molar-refractivity contribution in [3.05, 3.63) is 0 Å². The van der Waals surface area contributed by atoms with E-state index in [2.05, 4.69) is 22.2 Å². The minimum atomic E-state index is 0.242. The van der Waals surface area contributed by atoms with Crippen LogP contribution in [0.3, 0.4) is 0 Å². The van der Waals surface area contributed by atoms with Crippen LogP contribution in [0.4, 0.5) is 0 Å². The summed E-state index contributed by atoms with van der Waals surface area (Å²) in [5, 5.41) is 3.36. The summed E-state index contributed by atoms with van der Waals surface area (Å²) in [6, 6.07) is 0.724. The Kier molecular flexibility index (Phi) is 4.08. The Balaban J connectivity index is 1.59. The molecule has 3 aliphatic heterocycles. The van der Waals surface area contributed by atoms with Gasteiger partial charge in [0.25, 0.3) is 0 Å². The van der Waals surface area contributed by atoms with Crippen molar-refractivity contribution in [1.82, 2.24) is 15.1 Å². The zero-order chi connectivity index (χ0) is 13.2. The van der Waals surface area contributed by atoms with E-state index in [0.29, 0.717) is 11.8 Å². The molecule has 0 bridgehead atoms. The molecule has 3 saturated heterocycles. The van der Waals surface area contributed by atoms with Crippen molar-refractivity contribution in [2.45, 2.75) is 38.1 Å².